The van der Waals surface area contributed by atoms with Gasteiger partial charge in [-0.3, -0.25) is 0 Å². The van der Waals surface area contributed by atoms with E-state index in [4.69, 9.17) is 0 Å². The average molecular weight is 256 g/mol. The Morgan fingerprint density at radius 2 is 1.16 bits per heavy atom. The molecule has 0 amide bonds. The van der Waals surface area contributed by atoms with Gasteiger partial charge in [0.15, 0.2) is 0 Å². The quantitative estimate of drug-likeness (QED) is 0.770. The molecule has 2 aromatic carbocycles. The van der Waals surface area contributed by atoms with Gasteiger partial charge < -0.3 is 5.11 Å². The minimum atomic E-state index is 0.388. The molecule has 0 aliphatic rings. The highest BCUT2D eigenvalue weighted by Crippen LogP contribution is 2.32. The van der Waals surface area contributed by atoms with Crippen LogP contribution >= 0.6 is 0 Å². The second-order valence-electron chi connectivity index (χ2n) is 5.24. The Morgan fingerprint density at radius 3 is 1.47 bits per heavy atom. The van der Waals surface area contributed by atoms with Gasteiger partial charge in [-0.2, -0.15) is 0 Å². The van der Waals surface area contributed by atoms with Gasteiger partial charge in [-0.1, -0.05) is 76.2 Å². The summed E-state index contributed by atoms with van der Waals surface area (Å²) < 4.78 is 0. The number of benzene rings is 2. The highest BCUT2D eigenvalue weighted by Gasteiger charge is 2.13. The van der Waals surface area contributed by atoms with Crippen LogP contribution in [0.15, 0.2) is 54.6 Å². The van der Waals surface area contributed by atoms with Gasteiger partial charge >= 0.3 is 0 Å². The Kier molecular flexibility index (Phi) is 6.14. The summed E-state index contributed by atoms with van der Waals surface area (Å²) in [6.45, 7) is 8.53. The molecule has 0 heterocycles. The third-order valence-corrected chi connectivity index (χ3v) is 2.98. The first-order chi connectivity index (χ1) is 9.04. The van der Waals surface area contributed by atoms with Gasteiger partial charge in [0.05, 0.1) is 0 Å². The van der Waals surface area contributed by atoms with E-state index in [-0.39, 0.29) is 0 Å². The molecule has 19 heavy (non-hydrogen) atoms. The van der Waals surface area contributed by atoms with E-state index < -0.39 is 0 Å². The Bertz CT molecular complexity index is 446. The van der Waals surface area contributed by atoms with Gasteiger partial charge in [0.2, 0.25) is 0 Å². The van der Waals surface area contributed by atoms with Crippen LogP contribution in [0.1, 0.15) is 50.7 Å². The van der Waals surface area contributed by atoms with Crippen LogP contribution < -0.4 is 0 Å². The molecule has 102 valence electrons. The van der Waals surface area contributed by atoms with Gasteiger partial charge in [-0.15, -0.1) is 0 Å². The summed E-state index contributed by atoms with van der Waals surface area (Å²) in [5.74, 6) is 1.30. The molecular weight excluding hydrogens is 232 g/mol. The fraction of sp³-hybridized carbons (Fsp3) is 0.333. The lowest BCUT2D eigenvalue weighted by Crippen LogP contribution is -1.98. The van der Waals surface area contributed by atoms with Crippen LogP contribution in [0.3, 0.4) is 0 Å². The third-order valence-electron chi connectivity index (χ3n) is 2.98. The largest absolute Gasteiger partial charge is 0.508 e. The maximum Gasteiger partial charge on any atom is 0.119 e. The SMILES string of the molecule is CC(C)c1cccc(O)c1C(C)C.c1ccccc1. The van der Waals surface area contributed by atoms with Crippen molar-refractivity contribution in [1.82, 2.24) is 0 Å². The van der Waals surface area contributed by atoms with Gasteiger partial charge in [0.25, 0.3) is 0 Å². The normalized spacial score (nSPS) is 10.2. The Labute approximate surface area is 116 Å². The summed E-state index contributed by atoms with van der Waals surface area (Å²) in [4.78, 5) is 0. The number of phenols is 1. The number of hydrogen-bond acceptors (Lipinski definition) is 1. The van der Waals surface area contributed by atoms with Crippen molar-refractivity contribution in [3.8, 4) is 5.75 Å². The molecule has 0 bridgehead atoms. The lowest BCUT2D eigenvalue weighted by atomic mass is 9.90. The van der Waals surface area contributed by atoms with E-state index in [1.807, 2.05) is 42.5 Å². The summed E-state index contributed by atoms with van der Waals surface area (Å²) in [7, 11) is 0. The molecule has 2 aromatic rings. The molecule has 2 rings (SSSR count). The fourth-order valence-electron chi connectivity index (χ4n) is 2.09. The van der Waals surface area contributed by atoms with E-state index in [1.165, 1.54) is 5.56 Å². The molecule has 0 aliphatic carbocycles. The van der Waals surface area contributed by atoms with E-state index in [9.17, 15) is 5.11 Å². The number of phenolic OH excluding ortho intramolecular Hbond substituents is 1. The van der Waals surface area contributed by atoms with Crippen molar-refractivity contribution in [3.63, 3.8) is 0 Å². The molecule has 0 saturated carbocycles. The molecule has 0 radical (unpaired) electrons. The summed E-state index contributed by atoms with van der Waals surface area (Å²) in [6, 6.07) is 17.8. The van der Waals surface area contributed by atoms with Crippen molar-refractivity contribution in [2.45, 2.75) is 39.5 Å². The van der Waals surface area contributed by atoms with Crippen LogP contribution in [0, 0.1) is 0 Å². The summed E-state index contributed by atoms with van der Waals surface area (Å²) >= 11 is 0. The molecular formula is C18H24O. The minimum Gasteiger partial charge on any atom is -0.508 e. The maximum atomic E-state index is 9.71. The first kappa shape index (κ1) is 15.3. The highest BCUT2D eigenvalue weighted by atomic mass is 16.3. The van der Waals surface area contributed by atoms with E-state index in [0.29, 0.717) is 17.6 Å². The van der Waals surface area contributed by atoms with E-state index in [2.05, 4.69) is 33.8 Å². The van der Waals surface area contributed by atoms with Crippen molar-refractivity contribution in [2.24, 2.45) is 0 Å². The molecule has 1 nitrogen and oxygen atoms in total. The molecule has 0 saturated heterocycles. The Hall–Kier alpha value is -1.76. The second-order valence-corrected chi connectivity index (χ2v) is 5.24. The molecule has 1 N–H and O–H groups in total. The first-order valence-corrected chi connectivity index (χ1v) is 6.85. The lowest BCUT2D eigenvalue weighted by molar-refractivity contribution is 0.462. The Balaban J connectivity index is 0.000000250. The second kappa shape index (κ2) is 7.63. The minimum absolute atomic E-state index is 0.388. The Morgan fingerprint density at radius 1 is 0.684 bits per heavy atom. The molecule has 0 atom stereocenters. The molecule has 1 heteroatoms. The number of hydrogen-bond donors (Lipinski definition) is 1. The summed E-state index contributed by atoms with van der Waals surface area (Å²) in [5.41, 5.74) is 2.35. The average Bonchev–Trinajstić information content (AvgIpc) is 2.40. The summed E-state index contributed by atoms with van der Waals surface area (Å²) in [5, 5.41) is 9.71. The van der Waals surface area contributed by atoms with Gasteiger partial charge in [-0.05, 0) is 29.0 Å². The maximum absolute atomic E-state index is 9.71. The zero-order valence-corrected chi connectivity index (χ0v) is 12.3. The van der Waals surface area contributed by atoms with Crippen LogP contribution in [0.5, 0.6) is 5.75 Å². The van der Waals surface area contributed by atoms with Crippen LogP contribution in [-0.4, -0.2) is 5.11 Å². The first-order valence-electron chi connectivity index (χ1n) is 6.85. The van der Waals surface area contributed by atoms with E-state index >= 15 is 0 Å². The van der Waals surface area contributed by atoms with Gasteiger partial charge in [0.1, 0.15) is 5.75 Å². The monoisotopic (exact) mass is 256 g/mol. The predicted molar refractivity (Wildman–Crippen MR) is 82.7 cm³/mol. The van der Waals surface area contributed by atoms with Crippen molar-refractivity contribution in [3.05, 3.63) is 65.7 Å². The van der Waals surface area contributed by atoms with E-state index in [0.717, 1.165) is 5.56 Å². The fourth-order valence-corrected chi connectivity index (χ4v) is 2.09. The van der Waals surface area contributed by atoms with Crippen molar-refractivity contribution in [1.29, 1.82) is 0 Å². The zero-order valence-electron chi connectivity index (χ0n) is 12.3. The zero-order chi connectivity index (χ0) is 14.3. The smallest absolute Gasteiger partial charge is 0.119 e. The van der Waals surface area contributed by atoms with Gasteiger partial charge in [0, 0.05) is 0 Å². The molecule has 0 fully saturated rings. The van der Waals surface area contributed by atoms with Crippen LogP contribution in [-0.2, 0) is 0 Å². The third kappa shape index (κ3) is 4.78. The van der Waals surface area contributed by atoms with Crippen molar-refractivity contribution >= 4 is 0 Å². The van der Waals surface area contributed by atoms with E-state index in [1.54, 1.807) is 6.07 Å². The van der Waals surface area contributed by atoms with Crippen LogP contribution in [0.4, 0.5) is 0 Å². The standard InChI is InChI=1S/C12H18O.C6H6/c1-8(2)10-6-5-7-11(13)12(10)9(3)4;1-2-4-6-5-3-1/h5-9,13H,1-4H3;1-6H. The number of rotatable bonds is 2. The van der Waals surface area contributed by atoms with Crippen LogP contribution in [0.25, 0.3) is 0 Å². The molecule has 0 aliphatic heterocycles. The topological polar surface area (TPSA) is 20.2 Å². The lowest BCUT2D eigenvalue weighted by Gasteiger charge is -2.16. The van der Waals surface area contributed by atoms with Crippen molar-refractivity contribution in [2.75, 3.05) is 0 Å². The predicted octanol–water partition coefficient (Wildman–Crippen LogP) is 5.33. The molecule has 0 spiro atoms. The highest BCUT2D eigenvalue weighted by molar-refractivity contribution is 5.42. The van der Waals surface area contributed by atoms with Gasteiger partial charge in [-0.25, -0.2) is 0 Å². The van der Waals surface area contributed by atoms with Crippen molar-refractivity contribution < 1.29 is 5.11 Å². The molecule has 0 unspecified atom stereocenters. The van der Waals surface area contributed by atoms with Crippen LogP contribution in [0.2, 0.25) is 0 Å². The molecule has 0 aromatic heterocycles. The number of aromatic hydroxyl groups is 1. The summed E-state index contributed by atoms with van der Waals surface area (Å²) in [6.07, 6.45) is 0.